The molecule has 0 N–H and O–H groups in total. The predicted octanol–water partition coefficient (Wildman–Crippen LogP) is 1.96. The van der Waals surface area contributed by atoms with Gasteiger partial charge in [-0.15, -0.1) is 0 Å². The van der Waals surface area contributed by atoms with Crippen LogP contribution in [0.15, 0.2) is 24.4 Å². The molecule has 108 valence electrons. The summed E-state index contributed by atoms with van der Waals surface area (Å²) in [6.45, 7) is 4.52. The number of hydrogen-bond donors (Lipinski definition) is 0. The summed E-state index contributed by atoms with van der Waals surface area (Å²) in [5.41, 5.74) is 0. The van der Waals surface area contributed by atoms with E-state index in [1.165, 1.54) is 12.8 Å². The lowest BCUT2D eigenvalue weighted by molar-refractivity contribution is -0.123. The lowest BCUT2D eigenvalue weighted by Crippen LogP contribution is -2.48. The maximum Gasteiger partial charge on any atom is 0.149 e. The van der Waals surface area contributed by atoms with Crippen molar-refractivity contribution in [3.05, 3.63) is 24.4 Å². The van der Waals surface area contributed by atoms with Crippen molar-refractivity contribution in [2.75, 3.05) is 37.6 Å². The predicted molar refractivity (Wildman–Crippen MR) is 79.9 cm³/mol. The summed E-state index contributed by atoms with van der Waals surface area (Å²) in [5.74, 6) is 1.87. The van der Waals surface area contributed by atoms with E-state index in [1.807, 2.05) is 18.3 Å². The van der Waals surface area contributed by atoms with Gasteiger partial charge in [-0.2, -0.15) is 0 Å². The van der Waals surface area contributed by atoms with Gasteiger partial charge in [0.25, 0.3) is 0 Å². The molecule has 0 bridgehead atoms. The summed E-state index contributed by atoms with van der Waals surface area (Å²) in [5, 5.41) is 0. The van der Waals surface area contributed by atoms with E-state index in [1.54, 1.807) is 0 Å². The summed E-state index contributed by atoms with van der Waals surface area (Å²) in [6.07, 6.45) is 6.55. The van der Waals surface area contributed by atoms with E-state index in [0.717, 1.165) is 44.8 Å². The van der Waals surface area contributed by atoms with E-state index in [2.05, 4.69) is 20.9 Å². The van der Waals surface area contributed by atoms with Crippen molar-refractivity contribution >= 4 is 11.6 Å². The Morgan fingerprint density at radius 3 is 2.55 bits per heavy atom. The number of aromatic nitrogens is 1. The molecule has 2 heterocycles. The topological polar surface area (TPSA) is 36.4 Å². The molecule has 1 aromatic rings. The fraction of sp³-hybridized carbons (Fsp3) is 0.625. The van der Waals surface area contributed by atoms with E-state index in [4.69, 9.17) is 0 Å². The Balaban J connectivity index is 1.47. The second-order valence-corrected chi connectivity index (χ2v) is 5.90. The van der Waals surface area contributed by atoms with Crippen LogP contribution in [0.25, 0.3) is 0 Å². The van der Waals surface area contributed by atoms with E-state index >= 15 is 0 Å². The molecule has 4 nitrogen and oxygen atoms in total. The first-order valence-electron chi connectivity index (χ1n) is 7.74. The van der Waals surface area contributed by atoms with Crippen LogP contribution in [0.4, 0.5) is 5.82 Å². The molecule has 3 rings (SSSR count). The van der Waals surface area contributed by atoms with Crippen LogP contribution in [0.5, 0.6) is 0 Å². The number of piperazine rings is 1. The number of ketones is 1. The van der Waals surface area contributed by atoms with Crippen molar-refractivity contribution < 1.29 is 4.79 Å². The number of rotatable bonds is 4. The van der Waals surface area contributed by atoms with Gasteiger partial charge in [0.15, 0.2) is 0 Å². The minimum Gasteiger partial charge on any atom is -0.354 e. The number of nitrogens with zero attached hydrogens (tertiary/aromatic N) is 3. The molecule has 2 fully saturated rings. The summed E-state index contributed by atoms with van der Waals surface area (Å²) >= 11 is 0. The van der Waals surface area contributed by atoms with E-state index in [0.29, 0.717) is 18.2 Å². The van der Waals surface area contributed by atoms with Crippen LogP contribution in [0.3, 0.4) is 0 Å². The molecule has 0 amide bonds. The fourth-order valence-electron chi connectivity index (χ4n) is 3.27. The third-order valence-corrected chi connectivity index (χ3v) is 4.54. The molecule has 1 aliphatic heterocycles. The van der Waals surface area contributed by atoms with Crippen LogP contribution in [-0.2, 0) is 4.79 Å². The van der Waals surface area contributed by atoms with Crippen molar-refractivity contribution in [2.24, 2.45) is 5.92 Å². The van der Waals surface area contributed by atoms with Crippen LogP contribution < -0.4 is 4.90 Å². The molecule has 1 aliphatic carbocycles. The van der Waals surface area contributed by atoms with Gasteiger partial charge in [0.05, 0.1) is 6.54 Å². The molecule has 0 radical (unpaired) electrons. The average molecular weight is 273 g/mol. The average Bonchev–Trinajstić information content (AvgIpc) is 3.03. The van der Waals surface area contributed by atoms with Crippen LogP contribution in [-0.4, -0.2) is 48.4 Å². The Hall–Kier alpha value is -1.42. The summed E-state index contributed by atoms with van der Waals surface area (Å²) in [4.78, 5) is 21.2. The first-order chi connectivity index (χ1) is 9.83. The number of carbonyl (C=O) groups excluding carboxylic acids is 1. The minimum absolute atomic E-state index is 0.351. The smallest absolute Gasteiger partial charge is 0.149 e. The molecule has 20 heavy (non-hydrogen) atoms. The molecule has 0 aromatic carbocycles. The highest BCUT2D eigenvalue weighted by Crippen LogP contribution is 2.25. The van der Waals surface area contributed by atoms with Crippen molar-refractivity contribution in [1.29, 1.82) is 0 Å². The SMILES string of the molecule is O=C(CN1CCN(c2ccccn2)CC1)C1CCCC1. The second kappa shape index (κ2) is 6.35. The summed E-state index contributed by atoms with van der Waals surface area (Å²) < 4.78 is 0. The quantitative estimate of drug-likeness (QED) is 0.840. The first-order valence-corrected chi connectivity index (χ1v) is 7.74. The van der Waals surface area contributed by atoms with Crippen molar-refractivity contribution in [3.8, 4) is 0 Å². The first kappa shape index (κ1) is 13.6. The third-order valence-electron chi connectivity index (χ3n) is 4.54. The largest absolute Gasteiger partial charge is 0.354 e. The Morgan fingerprint density at radius 2 is 1.90 bits per heavy atom. The van der Waals surface area contributed by atoms with Gasteiger partial charge in [-0.1, -0.05) is 18.9 Å². The van der Waals surface area contributed by atoms with Crippen LogP contribution in [0.2, 0.25) is 0 Å². The molecular weight excluding hydrogens is 250 g/mol. The Kier molecular flexibility index (Phi) is 4.31. The highest BCUT2D eigenvalue weighted by Gasteiger charge is 2.26. The second-order valence-electron chi connectivity index (χ2n) is 5.90. The Bertz CT molecular complexity index is 434. The number of hydrogen-bond acceptors (Lipinski definition) is 4. The minimum atomic E-state index is 0.351. The van der Waals surface area contributed by atoms with E-state index in [9.17, 15) is 4.79 Å². The number of pyridine rings is 1. The lowest BCUT2D eigenvalue weighted by Gasteiger charge is -2.35. The highest BCUT2D eigenvalue weighted by molar-refractivity contribution is 5.83. The molecule has 2 aliphatic rings. The van der Waals surface area contributed by atoms with Crippen molar-refractivity contribution in [3.63, 3.8) is 0 Å². The van der Waals surface area contributed by atoms with Crippen molar-refractivity contribution in [1.82, 2.24) is 9.88 Å². The van der Waals surface area contributed by atoms with Gasteiger partial charge in [-0.25, -0.2) is 4.98 Å². The van der Waals surface area contributed by atoms with Gasteiger partial charge >= 0.3 is 0 Å². The van der Waals surface area contributed by atoms with Gasteiger partial charge < -0.3 is 4.90 Å². The van der Waals surface area contributed by atoms with Gasteiger partial charge in [0.2, 0.25) is 0 Å². The Labute approximate surface area is 120 Å². The fourth-order valence-corrected chi connectivity index (χ4v) is 3.27. The number of Topliss-reactive ketones (excluding diaryl/α,β-unsaturated/α-hetero) is 1. The standard InChI is InChI=1S/C16H23N3O/c20-15(14-5-1-2-6-14)13-18-9-11-19(12-10-18)16-7-3-4-8-17-16/h3-4,7-8,14H,1-2,5-6,9-13H2. The molecule has 1 saturated carbocycles. The van der Waals surface area contributed by atoms with Crippen molar-refractivity contribution in [2.45, 2.75) is 25.7 Å². The van der Waals surface area contributed by atoms with Gasteiger partial charge in [0.1, 0.15) is 11.6 Å². The zero-order valence-corrected chi connectivity index (χ0v) is 12.0. The molecule has 0 spiro atoms. The number of anilines is 1. The zero-order chi connectivity index (χ0) is 13.8. The maximum atomic E-state index is 12.2. The highest BCUT2D eigenvalue weighted by atomic mass is 16.1. The summed E-state index contributed by atoms with van der Waals surface area (Å²) in [6, 6.07) is 6.03. The molecule has 0 unspecified atom stereocenters. The molecule has 0 atom stereocenters. The Morgan fingerprint density at radius 1 is 1.15 bits per heavy atom. The normalized spacial score (nSPS) is 21.3. The van der Waals surface area contributed by atoms with Gasteiger partial charge in [0, 0.05) is 38.3 Å². The molecule has 1 saturated heterocycles. The van der Waals surface area contributed by atoms with Crippen LogP contribution >= 0.6 is 0 Å². The van der Waals surface area contributed by atoms with Crippen LogP contribution in [0, 0.1) is 5.92 Å². The van der Waals surface area contributed by atoms with Crippen LogP contribution in [0.1, 0.15) is 25.7 Å². The van der Waals surface area contributed by atoms with Gasteiger partial charge in [-0.3, -0.25) is 9.69 Å². The lowest BCUT2D eigenvalue weighted by atomic mass is 10.0. The number of carbonyl (C=O) groups is 1. The summed E-state index contributed by atoms with van der Waals surface area (Å²) in [7, 11) is 0. The maximum absolute atomic E-state index is 12.2. The third kappa shape index (κ3) is 3.18. The molecule has 1 aromatic heterocycles. The zero-order valence-electron chi connectivity index (χ0n) is 12.0. The molecular formula is C16H23N3O. The van der Waals surface area contributed by atoms with Gasteiger partial charge in [-0.05, 0) is 25.0 Å². The monoisotopic (exact) mass is 273 g/mol. The van der Waals surface area contributed by atoms with E-state index < -0.39 is 0 Å². The molecule has 4 heteroatoms. The van der Waals surface area contributed by atoms with E-state index in [-0.39, 0.29) is 0 Å².